The number of ether oxygens (including phenoxy) is 1. The van der Waals surface area contributed by atoms with E-state index in [0.717, 1.165) is 0 Å². The summed E-state index contributed by atoms with van der Waals surface area (Å²) in [4.78, 5) is 0. The Morgan fingerprint density at radius 2 is 2.08 bits per heavy atom. The Hall–Kier alpha value is 0.01000. The second-order valence-electron chi connectivity index (χ2n) is 3.28. The molecular weight excluding hydrogens is 191 g/mol. The van der Waals surface area contributed by atoms with Crippen LogP contribution in [0.25, 0.3) is 0 Å². The van der Waals surface area contributed by atoms with Crippen LogP contribution in [0.15, 0.2) is 0 Å². The Bertz CT molecular complexity index is 197. The van der Waals surface area contributed by atoms with Gasteiger partial charge in [-0.25, -0.2) is 0 Å². The van der Waals surface area contributed by atoms with Crippen LogP contribution in [0, 0.1) is 0 Å². The maximum atomic E-state index is 9.47. The topological polar surface area (TPSA) is 58.9 Å². The van der Waals surface area contributed by atoms with Gasteiger partial charge in [0.25, 0.3) is 0 Å². The molecule has 0 aliphatic carbocycles. The van der Waals surface area contributed by atoms with E-state index in [1.807, 2.05) is 6.66 Å². The molecule has 13 heavy (non-hydrogen) atoms. The molecule has 1 heterocycles. The molecule has 1 saturated heterocycles. The highest BCUT2D eigenvalue weighted by atomic mass is 31.1. The summed E-state index contributed by atoms with van der Waals surface area (Å²) in [6.07, 6.45) is 1.32. The highest BCUT2D eigenvalue weighted by Gasteiger charge is 2.40. The molecule has 1 rings (SSSR count). The lowest BCUT2D eigenvalue weighted by molar-refractivity contribution is -0.00799. The van der Waals surface area contributed by atoms with E-state index >= 15 is 0 Å². The Morgan fingerprint density at radius 1 is 1.46 bits per heavy atom. The SMILES string of the molecule is C=[P+](C)OCC1OC(C)C(O)C1O. The number of rotatable bonds is 3. The summed E-state index contributed by atoms with van der Waals surface area (Å²) in [5, 5.41) is 18.8. The fraction of sp³-hybridized carbons (Fsp3) is 0.875. The smallest absolute Gasteiger partial charge is 0.243 e. The van der Waals surface area contributed by atoms with Gasteiger partial charge in [0, 0.05) is 0 Å². The van der Waals surface area contributed by atoms with E-state index in [-0.39, 0.29) is 6.10 Å². The van der Waals surface area contributed by atoms with E-state index in [0.29, 0.717) is 6.61 Å². The Balaban J connectivity index is 2.40. The summed E-state index contributed by atoms with van der Waals surface area (Å²) in [5.74, 6) is 0. The lowest BCUT2D eigenvalue weighted by Gasteiger charge is -2.11. The van der Waals surface area contributed by atoms with Gasteiger partial charge in [-0.3, -0.25) is 0 Å². The Labute approximate surface area is 78.9 Å². The largest absolute Gasteiger partial charge is 0.388 e. The van der Waals surface area contributed by atoms with Crippen LogP contribution >= 0.6 is 7.77 Å². The van der Waals surface area contributed by atoms with Crippen molar-refractivity contribution in [1.29, 1.82) is 0 Å². The van der Waals surface area contributed by atoms with Crippen LogP contribution in [0.4, 0.5) is 0 Å². The quantitative estimate of drug-likeness (QED) is 0.638. The molecule has 0 aromatic heterocycles. The van der Waals surface area contributed by atoms with Gasteiger partial charge in [-0.2, -0.15) is 4.52 Å². The van der Waals surface area contributed by atoms with E-state index in [1.54, 1.807) is 6.92 Å². The van der Waals surface area contributed by atoms with Crippen molar-refractivity contribution in [1.82, 2.24) is 0 Å². The van der Waals surface area contributed by atoms with Crippen LogP contribution in [0.1, 0.15) is 6.92 Å². The fourth-order valence-corrected chi connectivity index (χ4v) is 1.67. The van der Waals surface area contributed by atoms with Crippen molar-refractivity contribution in [3.05, 3.63) is 0 Å². The Kier molecular flexibility index (Phi) is 3.83. The van der Waals surface area contributed by atoms with Crippen molar-refractivity contribution in [2.24, 2.45) is 0 Å². The van der Waals surface area contributed by atoms with Gasteiger partial charge in [-0.15, -0.1) is 0 Å². The zero-order valence-corrected chi connectivity index (χ0v) is 8.78. The molecular formula is C8H16O4P+. The normalized spacial score (nSPS) is 40.8. The molecule has 0 radical (unpaired) electrons. The van der Waals surface area contributed by atoms with Gasteiger partial charge in [0.15, 0.2) is 0 Å². The number of aliphatic hydroxyl groups is 2. The summed E-state index contributed by atoms with van der Waals surface area (Å²) in [7, 11) is -0.687. The van der Waals surface area contributed by atoms with E-state index in [2.05, 4.69) is 6.30 Å². The highest BCUT2D eigenvalue weighted by molar-refractivity contribution is 7.49. The zero-order valence-electron chi connectivity index (χ0n) is 7.88. The van der Waals surface area contributed by atoms with Crippen LogP contribution in [-0.4, -0.2) is 54.2 Å². The molecule has 76 valence electrons. The Morgan fingerprint density at radius 3 is 2.46 bits per heavy atom. The average molecular weight is 207 g/mol. The lowest BCUT2D eigenvalue weighted by atomic mass is 10.1. The minimum atomic E-state index is -0.843. The molecule has 0 bridgehead atoms. The van der Waals surface area contributed by atoms with Gasteiger partial charge >= 0.3 is 0 Å². The highest BCUT2D eigenvalue weighted by Crippen LogP contribution is 2.24. The van der Waals surface area contributed by atoms with E-state index in [9.17, 15) is 10.2 Å². The molecule has 0 amide bonds. The molecule has 1 fully saturated rings. The first-order chi connectivity index (χ1) is 6.02. The first-order valence-electron chi connectivity index (χ1n) is 4.21. The van der Waals surface area contributed by atoms with Crippen molar-refractivity contribution in [2.75, 3.05) is 13.3 Å². The van der Waals surface area contributed by atoms with Crippen LogP contribution in [0.5, 0.6) is 0 Å². The van der Waals surface area contributed by atoms with Crippen molar-refractivity contribution in [2.45, 2.75) is 31.3 Å². The maximum Gasteiger partial charge on any atom is 0.243 e. The fourth-order valence-electron chi connectivity index (χ4n) is 1.27. The summed E-state index contributed by atoms with van der Waals surface area (Å²) in [6.45, 7) is 3.90. The van der Waals surface area contributed by atoms with Crippen LogP contribution in [0.2, 0.25) is 0 Å². The second-order valence-corrected chi connectivity index (χ2v) is 4.80. The van der Waals surface area contributed by atoms with E-state index in [1.165, 1.54) is 0 Å². The van der Waals surface area contributed by atoms with Crippen molar-refractivity contribution in [3.63, 3.8) is 0 Å². The van der Waals surface area contributed by atoms with E-state index < -0.39 is 26.1 Å². The van der Waals surface area contributed by atoms with Gasteiger partial charge in [0.1, 0.15) is 37.9 Å². The minimum absolute atomic E-state index is 0.300. The number of aliphatic hydroxyl groups excluding tert-OH is 2. The molecule has 0 saturated carbocycles. The van der Waals surface area contributed by atoms with Gasteiger partial charge in [0.2, 0.25) is 7.77 Å². The molecule has 2 N–H and O–H groups in total. The number of hydrogen-bond acceptors (Lipinski definition) is 4. The van der Waals surface area contributed by atoms with Crippen LogP contribution < -0.4 is 0 Å². The van der Waals surface area contributed by atoms with Crippen LogP contribution in [0.3, 0.4) is 0 Å². The average Bonchev–Trinajstić information content (AvgIpc) is 2.29. The first-order valence-corrected chi connectivity index (χ1v) is 6.10. The molecule has 1 aliphatic heterocycles. The van der Waals surface area contributed by atoms with E-state index in [4.69, 9.17) is 9.26 Å². The molecule has 0 aromatic carbocycles. The van der Waals surface area contributed by atoms with Gasteiger partial charge < -0.3 is 14.9 Å². The van der Waals surface area contributed by atoms with Crippen LogP contribution in [-0.2, 0) is 9.26 Å². The molecule has 4 nitrogen and oxygen atoms in total. The predicted octanol–water partition coefficient (Wildman–Crippen LogP) is -0.0292. The predicted molar refractivity (Wildman–Crippen MR) is 52.3 cm³/mol. The molecule has 0 spiro atoms. The monoisotopic (exact) mass is 207 g/mol. The molecule has 5 unspecified atom stereocenters. The summed E-state index contributed by atoms with van der Waals surface area (Å²) >= 11 is 0. The summed E-state index contributed by atoms with van der Waals surface area (Å²) < 4.78 is 10.5. The zero-order chi connectivity index (χ0) is 10.0. The summed E-state index contributed by atoms with van der Waals surface area (Å²) in [6, 6.07) is 0. The third-order valence-corrected chi connectivity index (χ3v) is 2.65. The van der Waals surface area contributed by atoms with Crippen molar-refractivity contribution >= 4 is 14.1 Å². The summed E-state index contributed by atoms with van der Waals surface area (Å²) in [5.41, 5.74) is 0. The van der Waals surface area contributed by atoms with Crippen molar-refractivity contribution in [3.8, 4) is 0 Å². The second kappa shape index (κ2) is 4.49. The minimum Gasteiger partial charge on any atom is -0.388 e. The third kappa shape index (κ3) is 2.73. The molecule has 5 atom stereocenters. The standard InChI is InChI=1S/C8H16O4P/c1-5-7(9)8(10)6(12-5)4-11-13(2)3/h5-10H,2,4H2,1,3H3/q+1. The first kappa shape index (κ1) is 11.1. The number of hydrogen-bond donors (Lipinski definition) is 2. The molecule has 5 heteroatoms. The lowest BCUT2D eigenvalue weighted by Crippen LogP contribution is -2.33. The third-order valence-electron chi connectivity index (χ3n) is 2.06. The maximum absolute atomic E-state index is 9.47. The van der Waals surface area contributed by atoms with Gasteiger partial charge in [0.05, 0.1) is 6.10 Å². The van der Waals surface area contributed by atoms with Crippen molar-refractivity contribution < 1.29 is 19.5 Å². The van der Waals surface area contributed by atoms with Gasteiger partial charge in [-0.1, -0.05) is 0 Å². The molecule has 0 aromatic rings. The molecule has 1 aliphatic rings. The van der Waals surface area contributed by atoms with Gasteiger partial charge in [-0.05, 0) is 6.92 Å².